The predicted octanol–water partition coefficient (Wildman–Crippen LogP) is 4.61. The Labute approximate surface area is 116 Å². The Kier molecular flexibility index (Phi) is 3.63. The lowest BCUT2D eigenvalue weighted by molar-refractivity contribution is 0.0446. The monoisotopic (exact) mass is 265 g/mol. The highest BCUT2D eigenvalue weighted by molar-refractivity contribution is 7.07. The third-order valence-electron chi connectivity index (χ3n) is 4.11. The summed E-state index contributed by atoms with van der Waals surface area (Å²) in [4.78, 5) is 0. The van der Waals surface area contributed by atoms with Crippen LogP contribution in [0, 0.1) is 10.8 Å². The average Bonchev–Trinajstić information content (AvgIpc) is 2.60. The Balaban J connectivity index is 2.05. The summed E-state index contributed by atoms with van der Waals surface area (Å²) in [5.74, 6) is 0. The molecule has 102 valence electrons. The second-order valence-corrected chi connectivity index (χ2v) is 8.63. The minimum Gasteiger partial charge on any atom is -0.325 e. The zero-order chi connectivity index (χ0) is 13.4. The fraction of sp³-hybridized carbons (Fsp3) is 0.750. The first-order valence-electron chi connectivity index (χ1n) is 7.00. The van der Waals surface area contributed by atoms with E-state index in [4.69, 9.17) is 5.73 Å². The van der Waals surface area contributed by atoms with E-state index in [0.29, 0.717) is 10.8 Å². The summed E-state index contributed by atoms with van der Waals surface area (Å²) in [7, 11) is 0. The Morgan fingerprint density at radius 1 is 1.11 bits per heavy atom. The lowest BCUT2D eigenvalue weighted by Crippen LogP contribution is -2.52. The van der Waals surface area contributed by atoms with E-state index in [0.717, 1.165) is 25.7 Å². The van der Waals surface area contributed by atoms with E-state index < -0.39 is 0 Å². The standard InChI is InChI=1S/C16H27NS/c1-14(2)10-15(3,4)12-16(17,11-14)7-5-13-6-8-18-9-13/h6,8-9H,5,7,10-12,17H2,1-4H3. The second kappa shape index (κ2) is 4.64. The molecule has 1 heterocycles. The average molecular weight is 265 g/mol. The first kappa shape index (κ1) is 14.1. The van der Waals surface area contributed by atoms with Crippen LogP contribution in [0.15, 0.2) is 16.8 Å². The molecule has 2 rings (SSSR count). The Morgan fingerprint density at radius 3 is 2.22 bits per heavy atom. The Bertz CT molecular complexity index is 373. The Hall–Kier alpha value is -0.340. The van der Waals surface area contributed by atoms with Gasteiger partial charge in [0.1, 0.15) is 0 Å². The molecule has 2 heteroatoms. The van der Waals surface area contributed by atoms with Crippen molar-refractivity contribution in [2.24, 2.45) is 16.6 Å². The molecule has 1 aliphatic rings. The summed E-state index contributed by atoms with van der Waals surface area (Å²) in [6.45, 7) is 9.50. The van der Waals surface area contributed by atoms with Gasteiger partial charge in [-0.2, -0.15) is 11.3 Å². The van der Waals surface area contributed by atoms with Crippen molar-refractivity contribution in [3.8, 4) is 0 Å². The van der Waals surface area contributed by atoms with Crippen LogP contribution in [0.2, 0.25) is 0 Å². The van der Waals surface area contributed by atoms with E-state index in [1.165, 1.54) is 12.0 Å². The predicted molar refractivity (Wildman–Crippen MR) is 81.0 cm³/mol. The van der Waals surface area contributed by atoms with E-state index in [1.807, 2.05) is 0 Å². The summed E-state index contributed by atoms with van der Waals surface area (Å²) >= 11 is 1.78. The lowest BCUT2D eigenvalue weighted by atomic mass is 9.57. The Morgan fingerprint density at radius 2 is 1.72 bits per heavy atom. The highest BCUT2D eigenvalue weighted by atomic mass is 32.1. The van der Waals surface area contributed by atoms with Crippen LogP contribution >= 0.6 is 11.3 Å². The molecule has 1 aliphatic carbocycles. The van der Waals surface area contributed by atoms with Gasteiger partial charge < -0.3 is 5.73 Å². The van der Waals surface area contributed by atoms with Crippen LogP contribution in [0.3, 0.4) is 0 Å². The second-order valence-electron chi connectivity index (χ2n) is 7.85. The highest BCUT2D eigenvalue weighted by Gasteiger charge is 2.44. The van der Waals surface area contributed by atoms with E-state index in [2.05, 4.69) is 44.5 Å². The van der Waals surface area contributed by atoms with E-state index in [-0.39, 0.29) is 5.54 Å². The number of rotatable bonds is 3. The molecule has 0 aliphatic heterocycles. The van der Waals surface area contributed by atoms with Gasteiger partial charge >= 0.3 is 0 Å². The minimum absolute atomic E-state index is 0.0210. The molecule has 18 heavy (non-hydrogen) atoms. The molecule has 0 radical (unpaired) electrons. The summed E-state index contributed by atoms with van der Waals surface area (Å²) < 4.78 is 0. The maximum absolute atomic E-state index is 6.73. The maximum Gasteiger partial charge on any atom is 0.0167 e. The molecule has 1 saturated carbocycles. The molecule has 0 atom stereocenters. The third kappa shape index (κ3) is 3.58. The zero-order valence-electron chi connectivity index (χ0n) is 12.3. The van der Waals surface area contributed by atoms with Crippen molar-refractivity contribution in [1.82, 2.24) is 0 Å². The molecule has 1 nitrogen and oxygen atoms in total. The zero-order valence-corrected chi connectivity index (χ0v) is 13.1. The summed E-state index contributed by atoms with van der Waals surface area (Å²) in [6, 6.07) is 2.23. The molecule has 0 spiro atoms. The van der Waals surface area contributed by atoms with Gasteiger partial charge in [-0.25, -0.2) is 0 Å². The number of aryl methyl sites for hydroxylation is 1. The first-order chi connectivity index (χ1) is 8.20. The number of nitrogens with two attached hydrogens (primary N) is 1. The molecule has 1 aromatic heterocycles. The highest BCUT2D eigenvalue weighted by Crippen LogP contribution is 2.50. The molecule has 0 aromatic carbocycles. The van der Waals surface area contributed by atoms with Crippen LogP contribution < -0.4 is 5.73 Å². The molecule has 0 amide bonds. The molecule has 0 bridgehead atoms. The quantitative estimate of drug-likeness (QED) is 0.848. The lowest BCUT2D eigenvalue weighted by Gasteiger charge is -2.50. The van der Waals surface area contributed by atoms with Crippen molar-refractivity contribution >= 4 is 11.3 Å². The smallest absolute Gasteiger partial charge is 0.0167 e. The van der Waals surface area contributed by atoms with Gasteiger partial charge in [0, 0.05) is 5.54 Å². The molecular weight excluding hydrogens is 238 g/mol. The summed E-state index contributed by atoms with van der Waals surface area (Å²) in [6.07, 6.45) is 5.86. The third-order valence-corrected chi connectivity index (χ3v) is 4.84. The molecule has 1 aromatic rings. The van der Waals surface area contributed by atoms with Crippen molar-refractivity contribution in [3.05, 3.63) is 22.4 Å². The molecule has 0 unspecified atom stereocenters. The normalized spacial score (nSPS) is 24.9. The maximum atomic E-state index is 6.73. The van der Waals surface area contributed by atoms with Crippen molar-refractivity contribution < 1.29 is 0 Å². The van der Waals surface area contributed by atoms with Crippen LogP contribution in [0.5, 0.6) is 0 Å². The SMILES string of the molecule is CC1(C)CC(C)(C)CC(N)(CCc2ccsc2)C1. The fourth-order valence-corrected chi connectivity index (χ4v) is 5.10. The van der Waals surface area contributed by atoms with E-state index in [9.17, 15) is 0 Å². The summed E-state index contributed by atoms with van der Waals surface area (Å²) in [5, 5.41) is 4.41. The topological polar surface area (TPSA) is 26.0 Å². The molecule has 2 N–H and O–H groups in total. The van der Waals surface area contributed by atoms with Gasteiger partial charge in [-0.3, -0.25) is 0 Å². The van der Waals surface area contributed by atoms with Gasteiger partial charge in [0.25, 0.3) is 0 Å². The van der Waals surface area contributed by atoms with E-state index >= 15 is 0 Å². The van der Waals surface area contributed by atoms with E-state index in [1.54, 1.807) is 11.3 Å². The largest absolute Gasteiger partial charge is 0.325 e. The van der Waals surface area contributed by atoms with Gasteiger partial charge in [-0.1, -0.05) is 27.7 Å². The number of hydrogen-bond acceptors (Lipinski definition) is 2. The molecular formula is C16H27NS. The number of hydrogen-bond donors (Lipinski definition) is 1. The van der Waals surface area contributed by atoms with Crippen LogP contribution in [-0.4, -0.2) is 5.54 Å². The van der Waals surface area contributed by atoms with Gasteiger partial charge in [0.15, 0.2) is 0 Å². The minimum atomic E-state index is 0.0210. The van der Waals surface area contributed by atoms with Gasteiger partial charge in [-0.15, -0.1) is 0 Å². The van der Waals surface area contributed by atoms with Crippen LogP contribution in [0.4, 0.5) is 0 Å². The molecule has 0 saturated heterocycles. The van der Waals surface area contributed by atoms with Crippen LogP contribution in [0.25, 0.3) is 0 Å². The molecule has 1 fully saturated rings. The number of thiophene rings is 1. The van der Waals surface area contributed by atoms with Crippen molar-refractivity contribution in [1.29, 1.82) is 0 Å². The van der Waals surface area contributed by atoms with Gasteiger partial charge in [0.2, 0.25) is 0 Å². The van der Waals surface area contributed by atoms with Gasteiger partial charge in [0.05, 0.1) is 0 Å². The van der Waals surface area contributed by atoms with Crippen LogP contribution in [-0.2, 0) is 6.42 Å². The fourth-order valence-electron chi connectivity index (χ4n) is 4.39. The van der Waals surface area contributed by atoms with Crippen LogP contribution in [0.1, 0.15) is 58.9 Å². The van der Waals surface area contributed by atoms with Crippen molar-refractivity contribution in [2.75, 3.05) is 0 Å². The van der Waals surface area contributed by atoms with Gasteiger partial charge in [-0.05, 0) is 65.3 Å². The van der Waals surface area contributed by atoms with Crippen molar-refractivity contribution in [3.63, 3.8) is 0 Å². The summed E-state index contributed by atoms with van der Waals surface area (Å²) in [5.41, 5.74) is 8.96. The first-order valence-corrected chi connectivity index (χ1v) is 7.94. The van der Waals surface area contributed by atoms with Crippen molar-refractivity contribution in [2.45, 2.75) is 65.3 Å².